The van der Waals surface area contributed by atoms with Crippen LogP contribution in [0.4, 0.5) is 5.69 Å². The van der Waals surface area contributed by atoms with E-state index in [4.69, 9.17) is 18.9 Å². The average molecular weight is 515 g/mol. The third-order valence-corrected chi connectivity index (χ3v) is 7.32. The summed E-state index contributed by atoms with van der Waals surface area (Å²) in [6, 6.07) is 18.4. The number of ether oxygens (including phenoxy) is 4. The van der Waals surface area contributed by atoms with Crippen molar-refractivity contribution in [1.29, 1.82) is 0 Å². The predicted octanol–water partition coefficient (Wildman–Crippen LogP) is 3.57. The second-order valence-electron chi connectivity index (χ2n) is 7.80. The van der Waals surface area contributed by atoms with E-state index in [2.05, 4.69) is 0 Å². The molecule has 0 fully saturated rings. The fourth-order valence-corrected chi connectivity index (χ4v) is 5.02. The molecule has 3 aromatic rings. The fourth-order valence-electron chi connectivity index (χ4n) is 3.58. The van der Waals surface area contributed by atoms with E-state index in [0.717, 1.165) is 9.87 Å². The molecule has 0 N–H and O–H groups in total. The molecule has 0 aliphatic carbocycles. The van der Waals surface area contributed by atoms with Crippen LogP contribution in [0.2, 0.25) is 0 Å². The predicted molar refractivity (Wildman–Crippen MR) is 137 cm³/mol. The minimum Gasteiger partial charge on any atom is -0.497 e. The van der Waals surface area contributed by atoms with Gasteiger partial charge in [0.15, 0.2) is 11.5 Å². The van der Waals surface area contributed by atoms with Crippen LogP contribution < -0.4 is 23.3 Å². The molecule has 192 valence electrons. The van der Waals surface area contributed by atoms with Crippen LogP contribution in [0.5, 0.6) is 23.0 Å². The minimum atomic E-state index is -4.26. The number of carbonyl (C=O) groups excluding carboxylic acids is 1. The Hall–Kier alpha value is -3.92. The first-order chi connectivity index (χ1) is 17.2. The minimum absolute atomic E-state index is 0.0801. The Balaban J connectivity index is 2.07. The molecular formula is C26H30N2O7S. The lowest BCUT2D eigenvalue weighted by Crippen LogP contribution is -2.41. The van der Waals surface area contributed by atoms with Crippen LogP contribution in [0.3, 0.4) is 0 Å². The molecule has 0 radical (unpaired) electrons. The largest absolute Gasteiger partial charge is 0.497 e. The van der Waals surface area contributed by atoms with Crippen LogP contribution in [0, 0.1) is 0 Å². The van der Waals surface area contributed by atoms with E-state index in [0.29, 0.717) is 18.0 Å². The Morgan fingerprint density at radius 2 is 1.42 bits per heavy atom. The maximum Gasteiger partial charge on any atom is 0.265 e. The van der Waals surface area contributed by atoms with Gasteiger partial charge in [-0.25, -0.2) is 8.42 Å². The van der Waals surface area contributed by atoms with Gasteiger partial charge in [0.1, 0.15) is 18.0 Å². The van der Waals surface area contributed by atoms with Gasteiger partial charge in [-0.15, -0.1) is 0 Å². The van der Waals surface area contributed by atoms with Crippen molar-refractivity contribution >= 4 is 21.6 Å². The van der Waals surface area contributed by atoms with Crippen LogP contribution in [-0.4, -0.2) is 61.3 Å². The number of rotatable bonds is 11. The van der Waals surface area contributed by atoms with Crippen molar-refractivity contribution in [3.05, 3.63) is 72.3 Å². The Labute approximate surface area is 211 Å². The number of likely N-dealkylation sites (N-methyl/N-ethyl adjacent to an activating group) is 1. The monoisotopic (exact) mass is 514 g/mol. The van der Waals surface area contributed by atoms with Crippen LogP contribution in [0.15, 0.2) is 71.6 Å². The standard InChI is InChI=1S/C26H30N2O7S/c1-27(17-19-9-7-6-8-10-19)26(29)18-28(22-15-20(32-2)11-13-23(22)33-3)36(30,31)21-12-14-24(34-4)25(16-21)35-5/h6-16H,17-18H2,1-5H3. The van der Waals surface area contributed by atoms with Crippen molar-refractivity contribution in [2.45, 2.75) is 11.4 Å². The van der Waals surface area contributed by atoms with E-state index in [1.54, 1.807) is 19.2 Å². The first-order valence-electron chi connectivity index (χ1n) is 11.0. The quantitative estimate of drug-likeness (QED) is 0.386. The van der Waals surface area contributed by atoms with Crippen LogP contribution in [0.1, 0.15) is 5.56 Å². The molecule has 0 aromatic heterocycles. The molecule has 0 spiro atoms. The van der Waals surface area contributed by atoms with E-state index < -0.39 is 22.5 Å². The molecule has 0 unspecified atom stereocenters. The second-order valence-corrected chi connectivity index (χ2v) is 9.66. The van der Waals surface area contributed by atoms with Gasteiger partial charge in [0.2, 0.25) is 5.91 Å². The summed E-state index contributed by atoms with van der Waals surface area (Å²) in [5.41, 5.74) is 1.08. The number of amides is 1. The van der Waals surface area contributed by atoms with Gasteiger partial charge in [-0.3, -0.25) is 9.10 Å². The number of anilines is 1. The third kappa shape index (κ3) is 5.83. The molecule has 9 nitrogen and oxygen atoms in total. The maximum absolute atomic E-state index is 13.9. The van der Waals surface area contributed by atoms with Gasteiger partial charge in [-0.2, -0.15) is 0 Å². The molecular weight excluding hydrogens is 484 g/mol. The smallest absolute Gasteiger partial charge is 0.265 e. The lowest BCUT2D eigenvalue weighted by atomic mass is 10.2. The van der Waals surface area contributed by atoms with Gasteiger partial charge in [0, 0.05) is 25.7 Å². The molecule has 0 saturated carbocycles. The first kappa shape index (κ1) is 26.7. The molecule has 1 amide bonds. The highest BCUT2D eigenvalue weighted by Crippen LogP contribution is 2.37. The van der Waals surface area contributed by atoms with Crippen molar-refractivity contribution < 1.29 is 32.2 Å². The van der Waals surface area contributed by atoms with Gasteiger partial charge in [-0.05, 0) is 29.8 Å². The van der Waals surface area contributed by atoms with Crippen LogP contribution >= 0.6 is 0 Å². The number of hydrogen-bond acceptors (Lipinski definition) is 7. The van der Waals surface area contributed by atoms with Crippen molar-refractivity contribution in [3.8, 4) is 23.0 Å². The normalized spacial score (nSPS) is 10.9. The van der Waals surface area contributed by atoms with Crippen molar-refractivity contribution in [1.82, 2.24) is 4.90 Å². The highest BCUT2D eigenvalue weighted by Gasteiger charge is 2.31. The molecule has 36 heavy (non-hydrogen) atoms. The molecule has 10 heteroatoms. The summed E-state index contributed by atoms with van der Waals surface area (Å²) in [4.78, 5) is 14.7. The van der Waals surface area contributed by atoms with Gasteiger partial charge in [0.05, 0.1) is 39.0 Å². The van der Waals surface area contributed by atoms with Gasteiger partial charge >= 0.3 is 0 Å². The Bertz CT molecular complexity index is 1300. The SMILES string of the molecule is COc1ccc(OC)c(N(CC(=O)N(C)Cc2ccccc2)S(=O)(=O)c2ccc(OC)c(OC)c2)c1. The number of nitrogens with zero attached hydrogens (tertiary/aromatic N) is 2. The summed E-state index contributed by atoms with van der Waals surface area (Å²) in [6.45, 7) is -0.150. The number of sulfonamides is 1. The van der Waals surface area contributed by atoms with E-state index in [1.165, 1.54) is 57.6 Å². The van der Waals surface area contributed by atoms with Gasteiger partial charge in [0.25, 0.3) is 10.0 Å². The Kier molecular flexibility index (Phi) is 8.65. The first-order valence-corrected chi connectivity index (χ1v) is 12.4. The molecule has 0 saturated heterocycles. The van der Waals surface area contributed by atoms with Crippen molar-refractivity contribution in [3.63, 3.8) is 0 Å². The number of benzene rings is 3. The summed E-state index contributed by atoms with van der Waals surface area (Å²) in [6.07, 6.45) is 0. The lowest BCUT2D eigenvalue weighted by Gasteiger charge is -2.28. The molecule has 0 aliphatic rings. The molecule has 0 bridgehead atoms. The summed E-state index contributed by atoms with van der Waals surface area (Å²) in [5.74, 6) is 0.874. The maximum atomic E-state index is 13.9. The average Bonchev–Trinajstić information content (AvgIpc) is 2.91. The van der Waals surface area contributed by atoms with E-state index in [9.17, 15) is 13.2 Å². The number of methoxy groups -OCH3 is 4. The Morgan fingerprint density at radius 3 is 2.03 bits per heavy atom. The van der Waals surface area contributed by atoms with Crippen LogP contribution in [-0.2, 0) is 21.4 Å². The number of carbonyl (C=O) groups is 1. The molecule has 3 aromatic carbocycles. The summed E-state index contributed by atoms with van der Waals surface area (Å²) in [5, 5.41) is 0. The lowest BCUT2D eigenvalue weighted by molar-refractivity contribution is -0.128. The molecule has 3 rings (SSSR count). The Morgan fingerprint density at radius 1 is 0.778 bits per heavy atom. The van der Waals surface area contributed by atoms with Crippen molar-refractivity contribution in [2.75, 3.05) is 46.3 Å². The zero-order valence-corrected chi connectivity index (χ0v) is 21.7. The highest BCUT2D eigenvalue weighted by atomic mass is 32.2. The van der Waals surface area contributed by atoms with Gasteiger partial charge < -0.3 is 23.8 Å². The topological polar surface area (TPSA) is 94.6 Å². The zero-order chi connectivity index (χ0) is 26.3. The third-order valence-electron chi connectivity index (χ3n) is 5.56. The summed E-state index contributed by atoms with van der Waals surface area (Å²) >= 11 is 0. The van der Waals surface area contributed by atoms with Crippen LogP contribution in [0.25, 0.3) is 0 Å². The summed E-state index contributed by atoms with van der Waals surface area (Å²) < 4.78 is 50.2. The molecule has 0 heterocycles. The summed E-state index contributed by atoms with van der Waals surface area (Å²) in [7, 11) is 3.14. The molecule has 0 aliphatic heterocycles. The molecule has 0 atom stereocenters. The van der Waals surface area contributed by atoms with E-state index in [-0.39, 0.29) is 22.1 Å². The van der Waals surface area contributed by atoms with Gasteiger partial charge in [-0.1, -0.05) is 30.3 Å². The second kappa shape index (κ2) is 11.7. The van der Waals surface area contributed by atoms with Crippen molar-refractivity contribution in [2.24, 2.45) is 0 Å². The number of hydrogen-bond donors (Lipinski definition) is 0. The zero-order valence-electron chi connectivity index (χ0n) is 20.9. The van der Waals surface area contributed by atoms with E-state index >= 15 is 0 Å². The fraction of sp³-hybridized carbons (Fsp3) is 0.269. The highest BCUT2D eigenvalue weighted by molar-refractivity contribution is 7.92. The van der Waals surface area contributed by atoms with E-state index in [1.807, 2.05) is 30.3 Å².